The van der Waals surface area contributed by atoms with Crippen LogP contribution in [0.4, 0.5) is 21.6 Å². The molecule has 2 aromatic carbocycles. The van der Waals surface area contributed by atoms with Crippen molar-refractivity contribution in [3.8, 4) is 5.75 Å². The molecule has 1 aliphatic rings. The van der Waals surface area contributed by atoms with Gasteiger partial charge >= 0.3 is 0 Å². The van der Waals surface area contributed by atoms with E-state index in [4.69, 9.17) is 21.1 Å². The van der Waals surface area contributed by atoms with Crippen LogP contribution in [-0.4, -0.2) is 41.8 Å². The monoisotopic (exact) mass is 468 g/mol. The number of rotatable bonds is 6. The average molecular weight is 469 g/mol. The summed E-state index contributed by atoms with van der Waals surface area (Å²) in [5.41, 5.74) is 2.14. The SMILES string of the molecule is CS(C)(S)Nc1cc2c(Nc3ccc(F)c(Cl)c3)ncnc2cc1OC1CCOC1. The zero-order valence-electron chi connectivity index (χ0n) is 16.5. The highest BCUT2D eigenvalue weighted by atomic mass is 35.5. The second kappa shape index (κ2) is 8.66. The maximum Gasteiger partial charge on any atom is 0.145 e. The zero-order valence-corrected chi connectivity index (χ0v) is 19.0. The van der Waals surface area contributed by atoms with Crippen LogP contribution < -0.4 is 14.8 Å². The number of nitrogens with zero attached hydrogens (tertiary/aromatic N) is 2. The number of benzene rings is 2. The summed E-state index contributed by atoms with van der Waals surface area (Å²) in [6.07, 6.45) is 6.38. The van der Waals surface area contributed by atoms with Gasteiger partial charge in [-0.3, -0.25) is 0 Å². The van der Waals surface area contributed by atoms with E-state index in [2.05, 4.69) is 31.7 Å². The molecule has 0 saturated carbocycles. The molecule has 10 heteroatoms. The van der Waals surface area contributed by atoms with Gasteiger partial charge in [0.25, 0.3) is 0 Å². The summed E-state index contributed by atoms with van der Waals surface area (Å²) in [7, 11) is -1.37. The molecule has 0 aliphatic carbocycles. The Morgan fingerprint density at radius 1 is 1.27 bits per heavy atom. The third-order valence-electron chi connectivity index (χ3n) is 4.46. The first-order valence-corrected chi connectivity index (χ1v) is 13.2. The largest absolute Gasteiger partial charge is 0.486 e. The van der Waals surface area contributed by atoms with Gasteiger partial charge in [0.05, 0.1) is 29.4 Å². The number of hydrogen-bond acceptors (Lipinski definition) is 7. The number of fused-ring (bicyclic) bond motifs is 1. The fourth-order valence-corrected chi connectivity index (χ4v) is 4.30. The van der Waals surface area contributed by atoms with Gasteiger partial charge in [-0.25, -0.2) is 14.4 Å². The summed E-state index contributed by atoms with van der Waals surface area (Å²) < 4.78 is 28.6. The van der Waals surface area contributed by atoms with Crippen molar-refractivity contribution in [1.29, 1.82) is 0 Å². The number of thiol groups is 1. The van der Waals surface area contributed by atoms with Gasteiger partial charge in [0, 0.05) is 23.6 Å². The van der Waals surface area contributed by atoms with Crippen LogP contribution >= 0.6 is 32.5 Å². The third kappa shape index (κ3) is 5.03. The van der Waals surface area contributed by atoms with E-state index in [1.165, 1.54) is 18.5 Å². The van der Waals surface area contributed by atoms with Crippen molar-refractivity contribution in [3.63, 3.8) is 0 Å². The van der Waals surface area contributed by atoms with E-state index in [0.29, 0.717) is 36.0 Å². The molecule has 30 heavy (non-hydrogen) atoms. The van der Waals surface area contributed by atoms with Crippen LogP contribution in [0.3, 0.4) is 0 Å². The topological polar surface area (TPSA) is 68.3 Å². The number of hydrogen-bond donors (Lipinski definition) is 3. The van der Waals surface area contributed by atoms with Crippen molar-refractivity contribution in [2.24, 2.45) is 0 Å². The third-order valence-corrected chi connectivity index (χ3v) is 5.74. The van der Waals surface area contributed by atoms with Crippen LogP contribution in [0.25, 0.3) is 10.9 Å². The Hall–Kier alpha value is -1.94. The van der Waals surface area contributed by atoms with Gasteiger partial charge in [-0.2, -0.15) is 0 Å². The highest BCUT2D eigenvalue weighted by molar-refractivity contribution is 8.87. The molecule has 3 aromatic rings. The van der Waals surface area contributed by atoms with E-state index in [-0.39, 0.29) is 11.1 Å². The summed E-state index contributed by atoms with van der Waals surface area (Å²) >= 11 is 10.6. The molecule has 1 unspecified atom stereocenters. The maximum atomic E-state index is 13.5. The summed E-state index contributed by atoms with van der Waals surface area (Å²) in [5, 5.41) is 4.02. The van der Waals surface area contributed by atoms with Crippen LogP contribution in [0.1, 0.15) is 6.42 Å². The molecular formula is C20H22ClFN4O2S2. The summed E-state index contributed by atoms with van der Waals surface area (Å²) in [6, 6.07) is 8.26. The molecule has 1 fully saturated rings. The Kier molecular flexibility index (Phi) is 6.15. The van der Waals surface area contributed by atoms with Gasteiger partial charge in [-0.05, 0) is 36.8 Å². The molecule has 0 bridgehead atoms. The van der Waals surface area contributed by atoms with Crippen molar-refractivity contribution in [2.45, 2.75) is 12.5 Å². The predicted octanol–water partition coefficient (Wildman–Crippen LogP) is 5.57. The fraction of sp³-hybridized carbons (Fsp3) is 0.300. The lowest BCUT2D eigenvalue weighted by Crippen LogP contribution is -2.17. The van der Waals surface area contributed by atoms with E-state index in [1.54, 1.807) is 6.07 Å². The molecule has 2 N–H and O–H groups in total. The average Bonchev–Trinajstić information content (AvgIpc) is 3.18. The molecule has 6 nitrogen and oxygen atoms in total. The normalized spacial score (nSPS) is 17.2. The quantitative estimate of drug-likeness (QED) is 0.324. The number of ether oxygens (including phenoxy) is 2. The molecule has 2 heterocycles. The molecule has 0 radical (unpaired) electrons. The lowest BCUT2D eigenvalue weighted by Gasteiger charge is -2.29. The molecule has 1 aliphatic heterocycles. The van der Waals surface area contributed by atoms with E-state index in [9.17, 15) is 4.39 Å². The molecule has 0 spiro atoms. The fourth-order valence-electron chi connectivity index (χ4n) is 3.13. The van der Waals surface area contributed by atoms with E-state index in [0.717, 1.165) is 17.5 Å². The van der Waals surface area contributed by atoms with Gasteiger partial charge in [0.1, 0.15) is 29.8 Å². The van der Waals surface area contributed by atoms with E-state index in [1.807, 2.05) is 24.6 Å². The first-order valence-electron chi connectivity index (χ1n) is 9.27. The van der Waals surface area contributed by atoms with Crippen LogP contribution in [0, 0.1) is 5.82 Å². The molecule has 0 amide bonds. The molecule has 4 rings (SSSR count). The smallest absolute Gasteiger partial charge is 0.145 e. The van der Waals surface area contributed by atoms with Crippen molar-refractivity contribution in [2.75, 3.05) is 35.8 Å². The minimum absolute atomic E-state index is 0.00168. The lowest BCUT2D eigenvalue weighted by atomic mass is 10.2. The Morgan fingerprint density at radius 2 is 2.10 bits per heavy atom. The van der Waals surface area contributed by atoms with Crippen LogP contribution in [0.2, 0.25) is 5.02 Å². The molecule has 1 atom stereocenters. The molecular weight excluding hydrogens is 447 g/mol. The van der Waals surface area contributed by atoms with Crippen LogP contribution in [0.5, 0.6) is 5.75 Å². The Bertz CT molecular complexity index is 1070. The minimum atomic E-state index is -1.37. The molecule has 1 aromatic heterocycles. The van der Waals surface area contributed by atoms with Crippen molar-refractivity contribution < 1.29 is 13.9 Å². The van der Waals surface area contributed by atoms with Gasteiger partial charge in [-0.1, -0.05) is 11.6 Å². The molecule has 1 saturated heterocycles. The predicted molar refractivity (Wildman–Crippen MR) is 126 cm³/mol. The number of aromatic nitrogens is 2. The Balaban J connectivity index is 1.74. The van der Waals surface area contributed by atoms with E-state index >= 15 is 0 Å². The van der Waals surface area contributed by atoms with E-state index < -0.39 is 15.1 Å². The van der Waals surface area contributed by atoms with Crippen LogP contribution in [-0.2, 0) is 4.74 Å². The lowest BCUT2D eigenvalue weighted by molar-refractivity contribution is 0.142. The Morgan fingerprint density at radius 3 is 2.80 bits per heavy atom. The summed E-state index contributed by atoms with van der Waals surface area (Å²) in [6.45, 7) is 1.26. The second-order valence-electron chi connectivity index (χ2n) is 7.32. The van der Waals surface area contributed by atoms with Gasteiger partial charge in [0.2, 0.25) is 0 Å². The van der Waals surface area contributed by atoms with Crippen molar-refractivity contribution >= 4 is 60.6 Å². The second-order valence-corrected chi connectivity index (χ2v) is 13.2. The number of nitrogens with one attached hydrogen (secondary N) is 2. The summed E-state index contributed by atoms with van der Waals surface area (Å²) in [5.74, 6) is 0.800. The minimum Gasteiger partial charge on any atom is -0.486 e. The van der Waals surface area contributed by atoms with Crippen molar-refractivity contribution in [1.82, 2.24) is 9.97 Å². The first kappa shape index (κ1) is 21.3. The number of halogens is 2. The van der Waals surface area contributed by atoms with Crippen molar-refractivity contribution in [3.05, 3.63) is 47.5 Å². The van der Waals surface area contributed by atoms with Gasteiger partial charge in [0.15, 0.2) is 0 Å². The molecule has 160 valence electrons. The number of anilines is 3. The summed E-state index contributed by atoms with van der Waals surface area (Å²) in [4.78, 5) is 8.76. The highest BCUT2D eigenvalue weighted by Crippen LogP contribution is 2.48. The highest BCUT2D eigenvalue weighted by Gasteiger charge is 2.21. The zero-order chi connectivity index (χ0) is 21.3. The van der Waals surface area contributed by atoms with Crippen LogP contribution in [0.15, 0.2) is 36.7 Å². The van der Waals surface area contributed by atoms with Gasteiger partial charge in [-0.15, -0.1) is 20.9 Å². The Labute approximate surface area is 185 Å². The first-order chi connectivity index (χ1) is 14.3. The maximum absolute atomic E-state index is 13.5. The van der Waals surface area contributed by atoms with Gasteiger partial charge < -0.3 is 19.5 Å². The standard InChI is InChI=1S/C20H22ClFN4O2S2/c1-30(2,29)26-18-8-14-17(9-19(18)28-13-5-6-27-10-13)23-11-24-20(14)25-12-3-4-16(22)15(21)7-12/h3-4,7-9,11,13,26,29H,5-6,10H2,1-2H3,(H,23,24,25).